The van der Waals surface area contributed by atoms with Crippen molar-refractivity contribution < 1.29 is 9.21 Å². The number of hydrogen-bond acceptors (Lipinski definition) is 6. The lowest BCUT2D eigenvalue weighted by Gasteiger charge is -2.36. The molecule has 0 unspecified atom stereocenters. The van der Waals surface area contributed by atoms with E-state index < -0.39 is 0 Å². The normalized spacial score (nSPS) is 13.9. The van der Waals surface area contributed by atoms with Crippen LogP contribution in [0.3, 0.4) is 0 Å². The molecule has 0 bridgehead atoms. The molecule has 7 nitrogen and oxygen atoms in total. The topological polar surface area (TPSA) is 67.4 Å². The molecule has 3 heterocycles. The third kappa shape index (κ3) is 4.94. The Morgan fingerprint density at radius 2 is 1.71 bits per heavy atom. The van der Waals surface area contributed by atoms with Crippen molar-refractivity contribution in [2.24, 2.45) is 0 Å². The zero-order valence-electron chi connectivity index (χ0n) is 18.1. The Balaban J connectivity index is 1.27. The van der Waals surface area contributed by atoms with Gasteiger partial charge in [0.1, 0.15) is 0 Å². The van der Waals surface area contributed by atoms with Gasteiger partial charge in [0.05, 0.1) is 12.0 Å². The number of piperazine rings is 1. The summed E-state index contributed by atoms with van der Waals surface area (Å²) in [6.07, 6.45) is 1.59. The fourth-order valence-electron chi connectivity index (χ4n) is 3.86. The monoisotopic (exact) mass is 513 g/mol. The van der Waals surface area contributed by atoms with Crippen LogP contribution in [0.5, 0.6) is 0 Å². The Hall–Kier alpha value is -2.94. The Kier molecular flexibility index (Phi) is 6.80. The van der Waals surface area contributed by atoms with Crippen LogP contribution in [0.15, 0.2) is 76.5 Å². The lowest BCUT2D eigenvalue weighted by molar-refractivity contribution is -0.128. The van der Waals surface area contributed by atoms with Crippen LogP contribution in [0.1, 0.15) is 0 Å². The van der Waals surface area contributed by atoms with Gasteiger partial charge in [-0.1, -0.05) is 41.0 Å². The number of carbonyl (C=O) groups excluding carboxylic acids is 1. The fraction of sp³-hybridized carbons (Fsp3) is 0.208. The van der Waals surface area contributed by atoms with Crippen LogP contribution in [0.25, 0.3) is 17.3 Å². The summed E-state index contributed by atoms with van der Waals surface area (Å²) in [6.45, 7) is 2.85. The van der Waals surface area contributed by atoms with Crippen LogP contribution in [0.2, 0.25) is 10.0 Å². The van der Waals surface area contributed by atoms with E-state index in [4.69, 9.17) is 27.6 Å². The molecule has 1 aliphatic rings. The number of aromatic nitrogens is 3. The van der Waals surface area contributed by atoms with Gasteiger partial charge in [-0.15, -0.1) is 10.2 Å². The maximum absolute atomic E-state index is 13.0. The summed E-state index contributed by atoms with van der Waals surface area (Å²) in [4.78, 5) is 17.1. The van der Waals surface area contributed by atoms with E-state index in [1.165, 1.54) is 11.8 Å². The van der Waals surface area contributed by atoms with E-state index >= 15 is 0 Å². The smallest absolute Gasteiger partial charge is 0.233 e. The maximum Gasteiger partial charge on any atom is 0.233 e. The SMILES string of the molecule is O=C(CSc1nnc(-c2ccco2)n1-c1ccc(Cl)cc1)N1CCN(c2cccc(Cl)c2)CC1. The summed E-state index contributed by atoms with van der Waals surface area (Å²) < 4.78 is 7.43. The number of nitrogens with zero attached hydrogens (tertiary/aromatic N) is 5. The average molecular weight is 514 g/mol. The van der Waals surface area contributed by atoms with Gasteiger partial charge in [0.15, 0.2) is 10.9 Å². The molecule has 34 heavy (non-hydrogen) atoms. The molecule has 10 heteroatoms. The second kappa shape index (κ2) is 10.1. The molecule has 2 aromatic heterocycles. The van der Waals surface area contributed by atoms with Gasteiger partial charge >= 0.3 is 0 Å². The average Bonchev–Trinajstić information content (AvgIpc) is 3.53. The van der Waals surface area contributed by atoms with Gasteiger partial charge < -0.3 is 14.2 Å². The molecular formula is C24H21Cl2N5O2S. The highest BCUT2D eigenvalue weighted by Gasteiger charge is 2.24. The molecule has 0 spiro atoms. The molecule has 2 aromatic carbocycles. The Bertz CT molecular complexity index is 1270. The highest BCUT2D eigenvalue weighted by atomic mass is 35.5. The summed E-state index contributed by atoms with van der Waals surface area (Å²) in [5, 5.41) is 10.6. The van der Waals surface area contributed by atoms with Gasteiger partial charge in [-0.3, -0.25) is 9.36 Å². The first-order chi connectivity index (χ1) is 16.6. The van der Waals surface area contributed by atoms with Gasteiger partial charge in [0.25, 0.3) is 0 Å². The number of carbonyl (C=O) groups is 1. The molecule has 0 atom stereocenters. The largest absolute Gasteiger partial charge is 0.461 e. The molecule has 1 aliphatic heterocycles. The first kappa shape index (κ1) is 22.8. The Morgan fingerprint density at radius 3 is 2.41 bits per heavy atom. The van der Waals surface area contributed by atoms with Crippen LogP contribution in [-0.4, -0.2) is 57.5 Å². The van der Waals surface area contributed by atoms with Crippen molar-refractivity contribution in [3.8, 4) is 17.3 Å². The molecule has 1 amide bonds. The fourth-order valence-corrected chi connectivity index (χ4v) is 5.02. The van der Waals surface area contributed by atoms with E-state index in [0.717, 1.165) is 24.5 Å². The predicted octanol–water partition coefficient (Wildman–Crippen LogP) is 5.28. The van der Waals surface area contributed by atoms with Crippen LogP contribution >= 0.6 is 35.0 Å². The minimum atomic E-state index is 0.0703. The Morgan fingerprint density at radius 1 is 0.912 bits per heavy atom. The maximum atomic E-state index is 13.0. The number of anilines is 1. The number of furan rings is 1. The predicted molar refractivity (Wildman–Crippen MR) is 135 cm³/mol. The molecule has 174 valence electrons. The summed E-state index contributed by atoms with van der Waals surface area (Å²) in [6, 6.07) is 18.8. The van der Waals surface area contributed by atoms with E-state index in [9.17, 15) is 4.79 Å². The van der Waals surface area contributed by atoms with E-state index in [2.05, 4.69) is 15.1 Å². The zero-order chi connectivity index (χ0) is 23.5. The van der Waals surface area contributed by atoms with Crippen molar-refractivity contribution in [2.75, 3.05) is 36.8 Å². The summed E-state index contributed by atoms with van der Waals surface area (Å²) in [5.41, 5.74) is 1.92. The van der Waals surface area contributed by atoms with Crippen LogP contribution in [-0.2, 0) is 4.79 Å². The molecule has 1 fully saturated rings. The van der Waals surface area contributed by atoms with Crippen molar-refractivity contribution in [2.45, 2.75) is 5.16 Å². The third-order valence-electron chi connectivity index (χ3n) is 5.59. The molecule has 1 saturated heterocycles. The van der Waals surface area contributed by atoms with E-state index in [1.807, 2.05) is 64.1 Å². The van der Waals surface area contributed by atoms with Crippen molar-refractivity contribution in [1.29, 1.82) is 0 Å². The number of rotatable bonds is 6. The first-order valence-corrected chi connectivity index (χ1v) is 12.5. The Labute approximate surface area is 211 Å². The van der Waals surface area contributed by atoms with Gasteiger partial charge in [-0.05, 0) is 54.6 Å². The lowest BCUT2D eigenvalue weighted by Crippen LogP contribution is -2.49. The van der Waals surface area contributed by atoms with Crippen LogP contribution in [0.4, 0.5) is 5.69 Å². The van der Waals surface area contributed by atoms with Crippen molar-refractivity contribution in [3.05, 3.63) is 77.0 Å². The van der Waals surface area contributed by atoms with E-state index in [1.54, 1.807) is 12.3 Å². The van der Waals surface area contributed by atoms with Crippen LogP contribution < -0.4 is 4.90 Å². The van der Waals surface area contributed by atoms with Gasteiger partial charge in [-0.25, -0.2) is 0 Å². The molecule has 0 aliphatic carbocycles. The highest BCUT2D eigenvalue weighted by Crippen LogP contribution is 2.29. The van der Waals surface area contributed by atoms with Gasteiger partial charge in [-0.2, -0.15) is 0 Å². The number of hydrogen-bond donors (Lipinski definition) is 0. The second-order valence-corrected chi connectivity index (χ2v) is 9.55. The summed E-state index contributed by atoms with van der Waals surface area (Å²) >= 11 is 13.6. The van der Waals surface area contributed by atoms with E-state index in [-0.39, 0.29) is 11.7 Å². The second-order valence-electron chi connectivity index (χ2n) is 7.73. The van der Waals surface area contributed by atoms with E-state index in [0.29, 0.717) is 39.9 Å². The number of thioether (sulfide) groups is 1. The summed E-state index contributed by atoms with van der Waals surface area (Å²) in [5.74, 6) is 1.50. The molecular weight excluding hydrogens is 493 g/mol. The van der Waals surface area contributed by atoms with Gasteiger partial charge in [0.2, 0.25) is 11.7 Å². The van der Waals surface area contributed by atoms with Crippen molar-refractivity contribution >= 4 is 46.6 Å². The van der Waals surface area contributed by atoms with Gasteiger partial charge in [0, 0.05) is 47.6 Å². The number of amides is 1. The number of halogens is 2. The number of benzene rings is 2. The molecule has 0 radical (unpaired) electrons. The van der Waals surface area contributed by atoms with Crippen LogP contribution in [0, 0.1) is 0 Å². The minimum Gasteiger partial charge on any atom is -0.461 e. The lowest BCUT2D eigenvalue weighted by atomic mass is 10.2. The van der Waals surface area contributed by atoms with Crippen molar-refractivity contribution in [1.82, 2.24) is 19.7 Å². The molecule has 5 rings (SSSR count). The van der Waals surface area contributed by atoms with Crippen molar-refractivity contribution in [3.63, 3.8) is 0 Å². The summed E-state index contributed by atoms with van der Waals surface area (Å²) in [7, 11) is 0. The quantitative estimate of drug-likeness (QED) is 0.327. The highest BCUT2D eigenvalue weighted by molar-refractivity contribution is 7.99. The standard InChI is InChI=1S/C24H21Cl2N5O2S/c25-17-6-8-19(9-7-17)31-23(21-5-2-14-33-21)27-28-24(31)34-16-22(32)30-12-10-29(11-13-30)20-4-1-3-18(26)15-20/h1-9,14-15H,10-13,16H2. The molecule has 0 saturated carbocycles. The zero-order valence-corrected chi connectivity index (χ0v) is 20.4. The molecule has 4 aromatic rings. The minimum absolute atomic E-state index is 0.0703. The third-order valence-corrected chi connectivity index (χ3v) is 6.99. The molecule has 0 N–H and O–H groups in total. The first-order valence-electron chi connectivity index (χ1n) is 10.7.